The highest BCUT2D eigenvalue weighted by Gasteiger charge is 2.21. The maximum absolute atomic E-state index is 12.2. The van der Waals surface area contributed by atoms with Crippen molar-refractivity contribution in [3.63, 3.8) is 0 Å². The monoisotopic (exact) mass is 410 g/mol. The van der Waals surface area contributed by atoms with Crippen molar-refractivity contribution >= 4 is 35.3 Å². The van der Waals surface area contributed by atoms with Crippen LogP contribution in [0.3, 0.4) is 0 Å². The zero-order valence-electron chi connectivity index (χ0n) is 17.3. The molecule has 5 heteroatoms. The van der Waals surface area contributed by atoms with Crippen molar-refractivity contribution in [3.8, 4) is 5.75 Å². The fourth-order valence-corrected chi connectivity index (χ4v) is 3.36. The number of carbonyl (C=O) groups excluding carboxylic acids is 2. The number of ether oxygens (including phenoxy) is 1. The molecule has 2 amide bonds. The van der Waals surface area contributed by atoms with E-state index in [1.165, 1.54) is 6.08 Å². The lowest BCUT2D eigenvalue weighted by Crippen LogP contribution is -2.23. The van der Waals surface area contributed by atoms with E-state index in [0.717, 1.165) is 27.9 Å². The van der Waals surface area contributed by atoms with Crippen LogP contribution in [0.4, 0.5) is 11.4 Å². The summed E-state index contributed by atoms with van der Waals surface area (Å²) in [6.45, 7) is 3.99. The van der Waals surface area contributed by atoms with Crippen LogP contribution in [0.25, 0.3) is 12.2 Å². The highest BCUT2D eigenvalue weighted by atomic mass is 16.5. The zero-order valence-corrected chi connectivity index (χ0v) is 17.3. The second-order valence-corrected chi connectivity index (χ2v) is 7.43. The van der Waals surface area contributed by atoms with E-state index in [1.54, 1.807) is 24.3 Å². The SMILES string of the molecule is Cc1cc(C)cc(NC(=O)/C=C/c2ccc(/C=C3\Oc4ccccc4NC3=O)cc2)c1. The molecule has 0 unspecified atom stereocenters. The third-order valence-corrected chi connectivity index (χ3v) is 4.73. The molecule has 2 N–H and O–H groups in total. The van der Waals surface area contributed by atoms with Gasteiger partial charge < -0.3 is 15.4 Å². The normalized spacial score (nSPS) is 14.1. The van der Waals surface area contributed by atoms with Gasteiger partial charge in [-0.1, -0.05) is 42.5 Å². The molecular formula is C26H22N2O3. The molecule has 0 bridgehead atoms. The van der Waals surface area contributed by atoms with E-state index in [1.807, 2.05) is 62.4 Å². The molecule has 0 atom stereocenters. The number of carbonyl (C=O) groups is 2. The predicted octanol–water partition coefficient (Wildman–Crippen LogP) is 5.33. The fraction of sp³-hybridized carbons (Fsp3) is 0.0769. The quantitative estimate of drug-likeness (QED) is 0.572. The van der Waals surface area contributed by atoms with E-state index in [0.29, 0.717) is 11.4 Å². The Hall–Kier alpha value is -4.12. The summed E-state index contributed by atoms with van der Waals surface area (Å²) >= 11 is 0. The van der Waals surface area contributed by atoms with Gasteiger partial charge in [0.1, 0.15) is 0 Å². The molecule has 154 valence electrons. The van der Waals surface area contributed by atoms with Crippen LogP contribution >= 0.6 is 0 Å². The third-order valence-electron chi connectivity index (χ3n) is 4.73. The first-order valence-electron chi connectivity index (χ1n) is 9.94. The van der Waals surface area contributed by atoms with Crippen LogP contribution in [0.1, 0.15) is 22.3 Å². The molecule has 1 aliphatic heterocycles. The van der Waals surface area contributed by atoms with Crippen molar-refractivity contribution in [3.05, 3.63) is 101 Å². The summed E-state index contributed by atoms with van der Waals surface area (Å²) in [7, 11) is 0. The molecule has 0 fully saturated rings. The molecule has 0 saturated heterocycles. The van der Waals surface area contributed by atoms with E-state index in [4.69, 9.17) is 4.74 Å². The van der Waals surface area contributed by atoms with Crippen molar-refractivity contribution in [1.29, 1.82) is 0 Å². The molecular weight excluding hydrogens is 388 g/mol. The Morgan fingerprint density at radius 1 is 0.935 bits per heavy atom. The number of amides is 2. The summed E-state index contributed by atoms with van der Waals surface area (Å²) in [6, 6.07) is 20.7. The van der Waals surface area contributed by atoms with E-state index in [9.17, 15) is 9.59 Å². The Bertz CT molecular complexity index is 1190. The number of hydrogen-bond acceptors (Lipinski definition) is 3. The number of rotatable bonds is 4. The number of fused-ring (bicyclic) bond motifs is 1. The number of nitrogens with one attached hydrogen (secondary N) is 2. The van der Waals surface area contributed by atoms with Crippen LogP contribution in [0.15, 0.2) is 78.6 Å². The van der Waals surface area contributed by atoms with Gasteiger partial charge in [-0.15, -0.1) is 0 Å². The first-order chi connectivity index (χ1) is 15.0. The average Bonchev–Trinajstić information content (AvgIpc) is 2.73. The number of para-hydroxylation sites is 2. The zero-order chi connectivity index (χ0) is 21.8. The van der Waals surface area contributed by atoms with Gasteiger partial charge in [0.25, 0.3) is 5.91 Å². The first kappa shape index (κ1) is 20.2. The lowest BCUT2D eigenvalue weighted by Gasteiger charge is -2.19. The summed E-state index contributed by atoms with van der Waals surface area (Å²) in [4.78, 5) is 24.4. The van der Waals surface area contributed by atoms with Gasteiger partial charge in [0.05, 0.1) is 5.69 Å². The van der Waals surface area contributed by atoms with E-state index in [2.05, 4.69) is 16.7 Å². The van der Waals surface area contributed by atoms with Crippen molar-refractivity contribution in [1.82, 2.24) is 0 Å². The lowest BCUT2D eigenvalue weighted by molar-refractivity contribution is -0.115. The topological polar surface area (TPSA) is 67.4 Å². The van der Waals surface area contributed by atoms with E-state index >= 15 is 0 Å². The minimum absolute atomic E-state index is 0.192. The van der Waals surface area contributed by atoms with E-state index < -0.39 is 0 Å². The number of aryl methyl sites for hydroxylation is 2. The van der Waals surface area contributed by atoms with E-state index in [-0.39, 0.29) is 17.6 Å². The molecule has 0 spiro atoms. The molecule has 1 aliphatic rings. The Balaban J connectivity index is 1.42. The van der Waals surface area contributed by atoms with Crippen molar-refractivity contribution in [2.45, 2.75) is 13.8 Å². The largest absolute Gasteiger partial charge is 0.449 e. The number of benzene rings is 3. The van der Waals surface area contributed by atoms with Crippen LogP contribution in [-0.4, -0.2) is 11.8 Å². The minimum Gasteiger partial charge on any atom is -0.449 e. The van der Waals surface area contributed by atoms with Gasteiger partial charge in [0, 0.05) is 11.8 Å². The fourth-order valence-electron chi connectivity index (χ4n) is 3.36. The van der Waals surface area contributed by atoms with Crippen molar-refractivity contribution in [2.75, 3.05) is 10.6 Å². The number of anilines is 2. The maximum Gasteiger partial charge on any atom is 0.291 e. The second-order valence-electron chi connectivity index (χ2n) is 7.43. The summed E-state index contributed by atoms with van der Waals surface area (Å²) in [5, 5.41) is 5.69. The standard InChI is InChI=1S/C26H22N2O3/c1-17-13-18(2)15-21(14-17)27-25(29)12-11-19-7-9-20(10-8-19)16-24-26(30)28-22-5-3-4-6-23(22)31-24/h3-16H,1-2H3,(H,27,29)(H,28,30)/b12-11+,24-16-. The molecule has 0 radical (unpaired) electrons. The van der Waals surface area contributed by atoms with Gasteiger partial charge in [-0.2, -0.15) is 0 Å². The molecule has 3 aromatic rings. The smallest absolute Gasteiger partial charge is 0.291 e. The Morgan fingerprint density at radius 2 is 1.61 bits per heavy atom. The van der Waals surface area contributed by atoms with Gasteiger partial charge >= 0.3 is 0 Å². The predicted molar refractivity (Wildman–Crippen MR) is 124 cm³/mol. The maximum atomic E-state index is 12.2. The summed E-state index contributed by atoms with van der Waals surface area (Å²) < 4.78 is 5.71. The first-order valence-corrected chi connectivity index (χ1v) is 9.94. The molecule has 0 aliphatic carbocycles. The van der Waals surface area contributed by atoms with Crippen molar-refractivity contribution in [2.24, 2.45) is 0 Å². The summed E-state index contributed by atoms with van der Waals surface area (Å²) in [5.41, 5.74) is 5.33. The van der Waals surface area contributed by atoms with Crippen LogP contribution in [0.2, 0.25) is 0 Å². The third kappa shape index (κ3) is 5.08. The van der Waals surface area contributed by atoms with Crippen molar-refractivity contribution < 1.29 is 14.3 Å². The highest BCUT2D eigenvalue weighted by Crippen LogP contribution is 2.30. The van der Waals surface area contributed by atoms with Gasteiger partial charge in [-0.3, -0.25) is 9.59 Å². The Morgan fingerprint density at radius 3 is 2.35 bits per heavy atom. The molecule has 3 aromatic carbocycles. The molecule has 31 heavy (non-hydrogen) atoms. The van der Waals surface area contributed by atoms with Crippen LogP contribution in [0.5, 0.6) is 5.75 Å². The Labute approximate surface area is 181 Å². The summed E-state index contributed by atoms with van der Waals surface area (Å²) in [5.74, 6) is 0.366. The number of hydrogen-bond donors (Lipinski definition) is 2. The molecule has 5 nitrogen and oxygen atoms in total. The molecule has 0 aromatic heterocycles. The van der Waals surface area contributed by atoms with Crippen LogP contribution < -0.4 is 15.4 Å². The minimum atomic E-state index is -0.286. The van der Waals surface area contributed by atoms with Gasteiger partial charge in [-0.05, 0) is 72.5 Å². The second kappa shape index (κ2) is 8.71. The van der Waals surface area contributed by atoms with Gasteiger partial charge in [0.15, 0.2) is 11.5 Å². The molecule has 4 rings (SSSR count). The van der Waals surface area contributed by atoms with Crippen LogP contribution in [0, 0.1) is 13.8 Å². The molecule has 0 saturated carbocycles. The van der Waals surface area contributed by atoms with Gasteiger partial charge in [-0.25, -0.2) is 0 Å². The Kier molecular flexibility index (Phi) is 5.67. The highest BCUT2D eigenvalue weighted by molar-refractivity contribution is 6.08. The average molecular weight is 410 g/mol. The summed E-state index contributed by atoms with van der Waals surface area (Å²) in [6.07, 6.45) is 4.93. The molecule has 1 heterocycles. The van der Waals surface area contributed by atoms with Crippen LogP contribution in [-0.2, 0) is 9.59 Å². The lowest BCUT2D eigenvalue weighted by atomic mass is 10.1. The van der Waals surface area contributed by atoms with Gasteiger partial charge in [0.2, 0.25) is 5.91 Å².